The highest BCUT2D eigenvalue weighted by molar-refractivity contribution is 5.95. The standard InChI is InChI=1S/C13H19NO2/c1-4-16-13(15)11-7-5-6-8-12(11)14-9-10(2)3/h5-8,10,14H,4,9H2,1-3H3. The summed E-state index contributed by atoms with van der Waals surface area (Å²) in [6.07, 6.45) is 0. The molecule has 0 fully saturated rings. The molecule has 1 aromatic carbocycles. The first kappa shape index (κ1) is 12.6. The van der Waals surface area contributed by atoms with Crippen molar-refractivity contribution in [2.24, 2.45) is 5.92 Å². The Hall–Kier alpha value is -1.51. The summed E-state index contributed by atoms with van der Waals surface area (Å²) < 4.78 is 5.00. The van der Waals surface area contributed by atoms with E-state index < -0.39 is 0 Å². The number of nitrogens with one attached hydrogen (secondary N) is 1. The van der Waals surface area contributed by atoms with E-state index in [9.17, 15) is 4.79 Å². The van der Waals surface area contributed by atoms with Gasteiger partial charge in [0.05, 0.1) is 12.2 Å². The van der Waals surface area contributed by atoms with E-state index in [2.05, 4.69) is 19.2 Å². The molecule has 0 amide bonds. The largest absolute Gasteiger partial charge is 0.462 e. The molecule has 0 atom stereocenters. The third-order valence-electron chi connectivity index (χ3n) is 2.12. The Bertz CT molecular complexity index is 348. The second-order valence-corrected chi connectivity index (χ2v) is 4.04. The lowest BCUT2D eigenvalue weighted by Gasteiger charge is -2.12. The van der Waals surface area contributed by atoms with E-state index in [1.165, 1.54) is 0 Å². The van der Waals surface area contributed by atoms with Gasteiger partial charge >= 0.3 is 5.97 Å². The average Bonchev–Trinajstić information content (AvgIpc) is 2.27. The van der Waals surface area contributed by atoms with Gasteiger partial charge < -0.3 is 10.1 Å². The molecule has 0 saturated carbocycles. The molecule has 0 spiro atoms. The van der Waals surface area contributed by atoms with E-state index in [1.807, 2.05) is 25.1 Å². The molecule has 1 rings (SSSR count). The smallest absolute Gasteiger partial charge is 0.340 e. The molecule has 88 valence electrons. The summed E-state index contributed by atoms with van der Waals surface area (Å²) in [5.41, 5.74) is 1.44. The molecule has 1 N–H and O–H groups in total. The minimum atomic E-state index is -0.269. The lowest BCUT2D eigenvalue weighted by molar-refractivity contribution is 0.0527. The third kappa shape index (κ3) is 3.57. The highest BCUT2D eigenvalue weighted by atomic mass is 16.5. The van der Waals surface area contributed by atoms with E-state index in [1.54, 1.807) is 6.07 Å². The zero-order chi connectivity index (χ0) is 12.0. The van der Waals surface area contributed by atoms with Crippen molar-refractivity contribution in [3.05, 3.63) is 29.8 Å². The van der Waals surface area contributed by atoms with Crippen LogP contribution in [0, 0.1) is 5.92 Å². The van der Waals surface area contributed by atoms with Gasteiger partial charge in [0.2, 0.25) is 0 Å². The number of anilines is 1. The molecule has 0 aromatic heterocycles. The topological polar surface area (TPSA) is 38.3 Å². The van der Waals surface area contributed by atoms with E-state index >= 15 is 0 Å². The number of benzene rings is 1. The Kier molecular flexibility index (Phi) is 4.83. The van der Waals surface area contributed by atoms with Gasteiger partial charge in [-0.15, -0.1) is 0 Å². The zero-order valence-electron chi connectivity index (χ0n) is 10.1. The van der Waals surface area contributed by atoms with Crippen molar-refractivity contribution < 1.29 is 9.53 Å². The van der Waals surface area contributed by atoms with Crippen LogP contribution >= 0.6 is 0 Å². The number of ether oxygens (including phenoxy) is 1. The first-order valence-corrected chi connectivity index (χ1v) is 5.65. The molecule has 0 saturated heterocycles. The van der Waals surface area contributed by atoms with Crippen LogP contribution in [0.1, 0.15) is 31.1 Å². The Balaban J connectivity index is 2.78. The number of hydrogen-bond acceptors (Lipinski definition) is 3. The maximum atomic E-state index is 11.6. The van der Waals surface area contributed by atoms with Gasteiger partial charge in [-0.2, -0.15) is 0 Å². The monoisotopic (exact) mass is 221 g/mol. The fourth-order valence-corrected chi connectivity index (χ4v) is 1.34. The van der Waals surface area contributed by atoms with Crippen LogP contribution in [0.2, 0.25) is 0 Å². The highest BCUT2D eigenvalue weighted by Crippen LogP contribution is 2.16. The van der Waals surface area contributed by atoms with Gasteiger partial charge in [0, 0.05) is 12.2 Å². The number of rotatable bonds is 5. The fourth-order valence-electron chi connectivity index (χ4n) is 1.34. The van der Waals surface area contributed by atoms with Gasteiger partial charge in [0.25, 0.3) is 0 Å². The summed E-state index contributed by atoms with van der Waals surface area (Å²) in [7, 11) is 0. The second-order valence-electron chi connectivity index (χ2n) is 4.04. The Labute approximate surface area is 96.8 Å². The summed E-state index contributed by atoms with van der Waals surface area (Å²) in [6.45, 7) is 7.30. The number of carbonyl (C=O) groups excluding carboxylic acids is 1. The molecule has 0 heterocycles. The molecule has 0 aliphatic carbocycles. The van der Waals surface area contributed by atoms with Gasteiger partial charge in [-0.05, 0) is 25.0 Å². The lowest BCUT2D eigenvalue weighted by Crippen LogP contribution is -2.13. The fraction of sp³-hybridized carbons (Fsp3) is 0.462. The van der Waals surface area contributed by atoms with E-state index in [-0.39, 0.29) is 5.97 Å². The van der Waals surface area contributed by atoms with Crippen LogP contribution in [0.5, 0.6) is 0 Å². The van der Waals surface area contributed by atoms with E-state index in [0.717, 1.165) is 12.2 Å². The minimum absolute atomic E-state index is 0.269. The average molecular weight is 221 g/mol. The van der Waals surface area contributed by atoms with Crippen LogP contribution < -0.4 is 5.32 Å². The molecule has 0 unspecified atom stereocenters. The molecule has 1 aromatic rings. The van der Waals surface area contributed by atoms with Crippen LogP contribution in [-0.4, -0.2) is 19.1 Å². The molecule has 0 bridgehead atoms. The van der Waals surface area contributed by atoms with Gasteiger partial charge in [-0.1, -0.05) is 26.0 Å². The van der Waals surface area contributed by atoms with Crippen LogP contribution in [0.4, 0.5) is 5.69 Å². The number of para-hydroxylation sites is 1. The van der Waals surface area contributed by atoms with Gasteiger partial charge in [-0.3, -0.25) is 0 Å². The normalized spacial score (nSPS) is 10.2. The number of hydrogen-bond donors (Lipinski definition) is 1. The summed E-state index contributed by atoms with van der Waals surface area (Å²) in [4.78, 5) is 11.6. The maximum Gasteiger partial charge on any atom is 0.340 e. The molecule has 0 aliphatic rings. The van der Waals surface area contributed by atoms with Crippen LogP contribution in [-0.2, 0) is 4.74 Å². The third-order valence-corrected chi connectivity index (χ3v) is 2.12. The molecule has 0 aliphatic heterocycles. The second kappa shape index (κ2) is 6.16. The molecule has 0 radical (unpaired) electrons. The molecule has 16 heavy (non-hydrogen) atoms. The van der Waals surface area contributed by atoms with Crippen molar-refractivity contribution in [3.63, 3.8) is 0 Å². The lowest BCUT2D eigenvalue weighted by atomic mass is 10.1. The van der Waals surface area contributed by atoms with Crippen LogP contribution in [0.15, 0.2) is 24.3 Å². The van der Waals surface area contributed by atoms with E-state index in [0.29, 0.717) is 18.1 Å². The SMILES string of the molecule is CCOC(=O)c1ccccc1NCC(C)C. The Morgan fingerprint density at radius 3 is 2.69 bits per heavy atom. The van der Waals surface area contributed by atoms with Crippen molar-refractivity contribution in [1.82, 2.24) is 0 Å². The molecule has 3 heteroatoms. The first-order valence-electron chi connectivity index (χ1n) is 5.65. The number of esters is 1. The Morgan fingerprint density at radius 1 is 1.38 bits per heavy atom. The predicted molar refractivity (Wildman–Crippen MR) is 65.7 cm³/mol. The first-order chi connectivity index (χ1) is 7.65. The quantitative estimate of drug-likeness (QED) is 0.777. The molecular weight excluding hydrogens is 202 g/mol. The van der Waals surface area contributed by atoms with Gasteiger partial charge in [-0.25, -0.2) is 4.79 Å². The van der Waals surface area contributed by atoms with Gasteiger partial charge in [0.15, 0.2) is 0 Å². The highest BCUT2D eigenvalue weighted by Gasteiger charge is 2.11. The zero-order valence-corrected chi connectivity index (χ0v) is 10.1. The number of carbonyl (C=O) groups is 1. The van der Waals surface area contributed by atoms with Crippen molar-refractivity contribution >= 4 is 11.7 Å². The van der Waals surface area contributed by atoms with Crippen LogP contribution in [0.3, 0.4) is 0 Å². The van der Waals surface area contributed by atoms with E-state index in [4.69, 9.17) is 4.74 Å². The van der Waals surface area contributed by atoms with Crippen molar-refractivity contribution in [3.8, 4) is 0 Å². The molecule has 3 nitrogen and oxygen atoms in total. The maximum absolute atomic E-state index is 11.6. The van der Waals surface area contributed by atoms with Crippen molar-refractivity contribution in [1.29, 1.82) is 0 Å². The summed E-state index contributed by atoms with van der Waals surface area (Å²) in [5, 5.41) is 3.25. The Morgan fingerprint density at radius 2 is 2.06 bits per heavy atom. The minimum Gasteiger partial charge on any atom is -0.462 e. The summed E-state index contributed by atoms with van der Waals surface area (Å²) >= 11 is 0. The molecular formula is C13H19NO2. The van der Waals surface area contributed by atoms with Crippen molar-refractivity contribution in [2.45, 2.75) is 20.8 Å². The van der Waals surface area contributed by atoms with Crippen molar-refractivity contribution in [2.75, 3.05) is 18.5 Å². The summed E-state index contributed by atoms with van der Waals surface area (Å²) in [5.74, 6) is 0.268. The summed E-state index contributed by atoms with van der Waals surface area (Å²) in [6, 6.07) is 7.42. The van der Waals surface area contributed by atoms with Crippen LogP contribution in [0.25, 0.3) is 0 Å². The predicted octanol–water partition coefficient (Wildman–Crippen LogP) is 2.93. The van der Waals surface area contributed by atoms with Gasteiger partial charge in [0.1, 0.15) is 0 Å².